The lowest BCUT2D eigenvalue weighted by Gasteiger charge is -2.13. The molecule has 1 aromatic heterocycles. The minimum atomic E-state index is -0.152. The van der Waals surface area contributed by atoms with Crippen molar-refractivity contribution >= 4 is 17.7 Å². The van der Waals surface area contributed by atoms with Crippen LogP contribution in [0.2, 0.25) is 0 Å². The molecule has 4 nitrogen and oxygen atoms in total. The number of nitrogens with zero attached hydrogens (tertiary/aromatic N) is 2. The Hall–Kier alpha value is -1.75. The first kappa shape index (κ1) is 15.6. The Kier molecular flexibility index (Phi) is 5.44. The van der Waals surface area contributed by atoms with Crippen LogP contribution in [0.3, 0.4) is 0 Å². The van der Waals surface area contributed by atoms with E-state index in [0.717, 1.165) is 23.0 Å². The van der Waals surface area contributed by atoms with Crippen LogP contribution in [0.1, 0.15) is 20.8 Å². The highest BCUT2D eigenvalue weighted by atomic mass is 32.2. The second kappa shape index (κ2) is 7.31. The molecule has 0 radical (unpaired) electrons. The zero-order valence-electron chi connectivity index (χ0n) is 12.7. The van der Waals surface area contributed by atoms with Crippen molar-refractivity contribution in [1.29, 1.82) is 0 Å². The fraction of sp³-hybridized carbons (Fsp3) is 0.375. The third kappa shape index (κ3) is 3.67. The first-order valence-corrected chi connectivity index (χ1v) is 8.10. The van der Waals surface area contributed by atoms with Crippen LogP contribution in [-0.4, -0.2) is 27.3 Å². The van der Waals surface area contributed by atoms with E-state index in [1.165, 1.54) is 11.8 Å². The van der Waals surface area contributed by atoms with Gasteiger partial charge in [-0.25, -0.2) is 4.98 Å². The van der Waals surface area contributed by atoms with E-state index in [9.17, 15) is 4.79 Å². The van der Waals surface area contributed by atoms with E-state index in [-0.39, 0.29) is 11.2 Å². The normalized spacial score (nSPS) is 12.1. The summed E-state index contributed by atoms with van der Waals surface area (Å²) in [5.74, 6) is 0.0504. The van der Waals surface area contributed by atoms with Gasteiger partial charge in [0.15, 0.2) is 5.16 Å². The second-order valence-electron chi connectivity index (χ2n) is 4.69. The van der Waals surface area contributed by atoms with Gasteiger partial charge in [-0.2, -0.15) is 0 Å². The summed E-state index contributed by atoms with van der Waals surface area (Å²) in [6.45, 7) is 7.41. The molecule has 0 saturated heterocycles. The molecule has 0 aliphatic carbocycles. The highest BCUT2D eigenvalue weighted by Gasteiger charge is 2.18. The fourth-order valence-electron chi connectivity index (χ4n) is 2.13. The fourth-order valence-corrected chi connectivity index (χ4v) is 3.10. The molecule has 1 atom stereocenters. The summed E-state index contributed by atoms with van der Waals surface area (Å²) in [7, 11) is 0. The number of benzene rings is 1. The molecule has 0 spiro atoms. The lowest BCUT2D eigenvalue weighted by Crippen LogP contribution is -2.30. The highest BCUT2D eigenvalue weighted by Crippen LogP contribution is 2.28. The number of hydrogen-bond donors (Lipinski definition) is 1. The molecule has 1 aromatic carbocycles. The molecular weight excluding hydrogens is 282 g/mol. The van der Waals surface area contributed by atoms with Gasteiger partial charge >= 0.3 is 0 Å². The number of amides is 1. The van der Waals surface area contributed by atoms with Crippen molar-refractivity contribution in [3.63, 3.8) is 0 Å². The Balaban J connectivity index is 2.22. The van der Waals surface area contributed by atoms with E-state index in [2.05, 4.69) is 33.9 Å². The highest BCUT2D eigenvalue weighted by molar-refractivity contribution is 8.00. The number of rotatable bonds is 6. The Morgan fingerprint density at radius 1 is 1.33 bits per heavy atom. The van der Waals surface area contributed by atoms with Gasteiger partial charge < -0.3 is 9.88 Å². The van der Waals surface area contributed by atoms with E-state index in [1.807, 2.05) is 38.2 Å². The van der Waals surface area contributed by atoms with Crippen molar-refractivity contribution in [3.8, 4) is 11.3 Å². The molecule has 1 amide bonds. The van der Waals surface area contributed by atoms with E-state index in [1.54, 1.807) is 0 Å². The topological polar surface area (TPSA) is 46.9 Å². The predicted octanol–water partition coefficient (Wildman–Crippen LogP) is 3.19. The van der Waals surface area contributed by atoms with Crippen molar-refractivity contribution < 1.29 is 4.79 Å². The Morgan fingerprint density at radius 2 is 2.05 bits per heavy atom. The minimum absolute atomic E-state index is 0.0504. The summed E-state index contributed by atoms with van der Waals surface area (Å²) in [4.78, 5) is 16.3. The first-order valence-electron chi connectivity index (χ1n) is 7.22. The quantitative estimate of drug-likeness (QED) is 0.834. The lowest BCUT2D eigenvalue weighted by atomic mass is 10.2. The summed E-state index contributed by atoms with van der Waals surface area (Å²) in [5, 5.41) is 3.58. The van der Waals surface area contributed by atoms with Crippen molar-refractivity contribution in [1.82, 2.24) is 14.9 Å². The summed E-state index contributed by atoms with van der Waals surface area (Å²) < 4.78 is 2.15. The molecule has 0 fully saturated rings. The molecular formula is C16H21N3OS. The molecule has 21 heavy (non-hydrogen) atoms. The monoisotopic (exact) mass is 303 g/mol. The maximum atomic E-state index is 11.9. The molecule has 0 aliphatic heterocycles. The molecule has 112 valence electrons. The molecule has 0 unspecified atom stereocenters. The van der Waals surface area contributed by atoms with Gasteiger partial charge in [-0.05, 0) is 26.3 Å². The van der Waals surface area contributed by atoms with Crippen molar-refractivity contribution in [2.75, 3.05) is 6.54 Å². The zero-order valence-corrected chi connectivity index (χ0v) is 13.5. The van der Waals surface area contributed by atoms with Gasteiger partial charge in [-0.15, -0.1) is 0 Å². The second-order valence-corrected chi connectivity index (χ2v) is 6.00. The van der Waals surface area contributed by atoms with Crippen molar-refractivity contribution in [2.24, 2.45) is 0 Å². The number of nitrogens with one attached hydrogen (secondary N) is 1. The molecule has 2 aromatic rings. The standard InChI is InChI=1S/C16H21N3OS/c1-4-17-15(20)12(3)21-16-18-11-14(19(16)5-2)13-9-7-6-8-10-13/h6-12H,4-5H2,1-3H3,(H,17,20)/t12-/m1/s1. The van der Waals surface area contributed by atoms with E-state index >= 15 is 0 Å². The number of hydrogen-bond acceptors (Lipinski definition) is 3. The van der Waals surface area contributed by atoms with Gasteiger partial charge in [-0.1, -0.05) is 42.1 Å². The zero-order chi connectivity index (χ0) is 15.2. The number of imidazole rings is 1. The third-order valence-corrected chi connectivity index (χ3v) is 4.31. The average Bonchev–Trinajstić information content (AvgIpc) is 2.91. The van der Waals surface area contributed by atoms with Crippen molar-refractivity contribution in [3.05, 3.63) is 36.5 Å². The predicted molar refractivity (Wildman–Crippen MR) is 87.3 cm³/mol. The van der Waals surface area contributed by atoms with Gasteiger partial charge in [0, 0.05) is 13.1 Å². The molecule has 2 rings (SSSR count). The largest absolute Gasteiger partial charge is 0.355 e. The maximum absolute atomic E-state index is 11.9. The van der Waals surface area contributed by atoms with Gasteiger partial charge in [0.2, 0.25) is 5.91 Å². The Morgan fingerprint density at radius 3 is 2.67 bits per heavy atom. The number of carbonyl (C=O) groups is 1. The maximum Gasteiger partial charge on any atom is 0.233 e. The Labute approximate surface area is 130 Å². The van der Waals surface area contributed by atoms with Gasteiger partial charge in [-0.3, -0.25) is 4.79 Å². The van der Waals surface area contributed by atoms with Crippen LogP contribution >= 0.6 is 11.8 Å². The SMILES string of the molecule is CCNC(=O)[C@@H](C)Sc1ncc(-c2ccccc2)n1CC. The molecule has 1 N–H and O–H groups in total. The molecule has 0 saturated carbocycles. The van der Waals surface area contributed by atoms with Gasteiger partial charge in [0.25, 0.3) is 0 Å². The molecule has 0 bridgehead atoms. The van der Waals surface area contributed by atoms with Gasteiger partial charge in [0.1, 0.15) is 0 Å². The summed E-state index contributed by atoms with van der Waals surface area (Å²) in [5.41, 5.74) is 2.23. The van der Waals surface area contributed by atoms with Crippen LogP contribution in [0.4, 0.5) is 0 Å². The van der Waals surface area contributed by atoms with E-state index in [4.69, 9.17) is 0 Å². The summed E-state index contributed by atoms with van der Waals surface area (Å²) >= 11 is 1.50. The van der Waals surface area contributed by atoms with E-state index in [0.29, 0.717) is 6.54 Å². The van der Waals surface area contributed by atoms with Crippen LogP contribution in [-0.2, 0) is 11.3 Å². The third-order valence-electron chi connectivity index (χ3n) is 3.21. The van der Waals surface area contributed by atoms with Gasteiger partial charge in [0.05, 0.1) is 17.1 Å². The van der Waals surface area contributed by atoms with Crippen LogP contribution in [0, 0.1) is 0 Å². The molecule has 5 heteroatoms. The summed E-state index contributed by atoms with van der Waals surface area (Å²) in [6, 6.07) is 10.2. The van der Waals surface area contributed by atoms with Crippen LogP contribution in [0.5, 0.6) is 0 Å². The van der Waals surface area contributed by atoms with E-state index < -0.39 is 0 Å². The number of aromatic nitrogens is 2. The minimum Gasteiger partial charge on any atom is -0.355 e. The van der Waals surface area contributed by atoms with Crippen LogP contribution in [0.25, 0.3) is 11.3 Å². The van der Waals surface area contributed by atoms with Crippen LogP contribution in [0.15, 0.2) is 41.7 Å². The average molecular weight is 303 g/mol. The summed E-state index contributed by atoms with van der Waals surface area (Å²) in [6.07, 6.45) is 1.88. The Bertz CT molecular complexity index is 595. The first-order chi connectivity index (χ1) is 10.2. The smallest absolute Gasteiger partial charge is 0.233 e. The number of thioether (sulfide) groups is 1. The number of carbonyl (C=O) groups excluding carboxylic acids is 1. The molecule has 0 aliphatic rings. The van der Waals surface area contributed by atoms with Crippen molar-refractivity contribution in [2.45, 2.75) is 37.7 Å². The van der Waals surface area contributed by atoms with Crippen LogP contribution < -0.4 is 5.32 Å². The lowest BCUT2D eigenvalue weighted by molar-refractivity contribution is -0.120. The molecule has 1 heterocycles.